The van der Waals surface area contributed by atoms with E-state index in [9.17, 15) is 0 Å². The van der Waals surface area contributed by atoms with Crippen LogP contribution >= 0.6 is 0 Å². The zero-order valence-corrected chi connectivity index (χ0v) is 13.7. The summed E-state index contributed by atoms with van der Waals surface area (Å²) in [5.41, 5.74) is 2.97. The Hall–Kier alpha value is -0.820. The van der Waals surface area contributed by atoms with Gasteiger partial charge in [0.05, 0.1) is 0 Å². The predicted octanol–water partition coefficient (Wildman–Crippen LogP) is 4.77. The van der Waals surface area contributed by atoms with Gasteiger partial charge in [0.15, 0.2) is 0 Å². The second kappa shape index (κ2) is 7.26. The van der Waals surface area contributed by atoms with Crippen molar-refractivity contribution in [3.8, 4) is 0 Å². The van der Waals surface area contributed by atoms with Crippen LogP contribution in [0.15, 0.2) is 24.3 Å². The standard InChI is InChI=1S/C19H31N/c1-5-12-20-19-11-10-18(15(19)4)13-16-6-8-17(9-7-16)14(2)3/h6-9,14-15,18-20H,5,10-13H2,1-4H3. The molecule has 112 valence electrons. The molecule has 0 amide bonds. The van der Waals surface area contributed by atoms with Crippen molar-refractivity contribution in [2.45, 2.75) is 65.3 Å². The summed E-state index contributed by atoms with van der Waals surface area (Å²) < 4.78 is 0. The molecule has 0 bridgehead atoms. The van der Waals surface area contributed by atoms with Crippen molar-refractivity contribution in [1.82, 2.24) is 5.32 Å². The third-order valence-electron chi connectivity index (χ3n) is 5.03. The van der Waals surface area contributed by atoms with E-state index in [0.29, 0.717) is 5.92 Å². The first-order valence-corrected chi connectivity index (χ1v) is 8.44. The maximum absolute atomic E-state index is 3.72. The van der Waals surface area contributed by atoms with Gasteiger partial charge in [-0.3, -0.25) is 0 Å². The minimum atomic E-state index is 0.636. The van der Waals surface area contributed by atoms with Gasteiger partial charge in [-0.15, -0.1) is 0 Å². The van der Waals surface area contributed by atoms with E-state index in [1.165, 1.54) is 43.4 Å². The number of hydrogen-bond donors (Lipinski definition) is 1. The van der Waals surface area contributed by atoms with E-state index >= 15 is 0 Å². The van der Waals surface area contributed by atoms with E-state index in [1.807, 2.05) is 0 Å². The van der Waals surface area contributed by atoms with Crippen molar-refractivity contribution in [2.24, 2.45) is 11.8 Å². The summed E-state index contributed by atoms with van der Waals surface area (Å²) in [4.78, 5) is 0. The average Bonchev–Trinajstić information content (AvgIpc) is 2.78. The Kier molecular flexibility index (Phi) is 5.65. The van der Waals surface area contributed by atoms with Crippen molar-refractivity contribution in [3.05, 3.63) is 35.4 Å². The second-order valence-corrected chi connectivity index (χ2v) is 6.86. The third kappa shape index (κ3) is 3.85. The Labute approximate surface area is 125 Å². The van der Waals surface area contributed by atoms with Crippen molar-refractivity contribution in [2.75, 3.05) is 6.54 Å². The molecule has 20 heavy (non-hydrogen) atoms. The highest BCUT2D eigenvalue weighted by Gasteiger charge is 2.31. The summed E-state index contributed by atoms with van der Waals surface area (Å²) in [5, 5.41) is 3.72. The molecule has 3 unspecified atom stereocenters. The molecule has 1 heteroatoms. The fraction of sp³-hybridized carbons (Fsp3) is 0.684. The van der Waals surface area contributed by atoms with Gasteiger partial charge in [-0.2, -0.15) is 0 Å². The smallest absolute Gasteiger partial charge is 0.00955 e. The van der Waals surface area contributed by atoms with Gasteiger partial charge >= 0.3 is 0 Å². The van der Waals surface area contributed by atoms with Gasteiger partial charge in [0.2, 0.25) is 0 Å². The van der Waals surface area contributed by atoms with E-state index in [0.717, 1.165) is 17.9 Å². The van der Waals surface area contributed by atoms with Gasteiger partial charge in [-0.1, -0.05) is 52.0 Å². The second-order valence-electron chi connectivity index (χ2n) is 6.86. The van der Waals surface area contributed by atoms with Crippen LogP contribution in [0.25, 0.3) is 0 Å². The van der Waals surface area contributed by atoms with Gasteiger partial charge in [0, 0.05) is 6.04 Å². The Balaban J connectivity index is 1.90. The molecule has 1 nitrogen and oxygen atoms in total. The molecule has 1 aromatic carbocycles. The van der Waals surface area contributed by atoms with Crippen molar-refractivity contribution < 1.29 is 0 Å². The van der Waals surface area contributed by atoms with E-state index in [-0.39, 0.29) is 0 Å². The van der Waals surface area contributed by atoms with E-state index in [1.54, 1.807) is 0 Å². The van der Waals surface area contributed by atoms with Gasteiger partial charge in [0.25, 0.3) is 0 Å². The Bertz CT molecular complexity index is 393. The molecule has 3 atom stereocenters. The lowest BCUT2D eigenvalue weighted by Crippen LogP contribution is -2.33. The fourth-order valence-electron chi connectivity index (χ4n) is 3.49. The topological polar surface area (TPSA) is 12.0 Å². The van der Waals surface area contributed by atoms with Crippen LogP contribution in [0.2, 0.25) is 0 Å². The molecule has 0 saturated heterocycles. The molecule has 0 heterocycles. The summed E-state index contributed by atoms with van der Waals surface area (Å²) >= 11 is 0. The third-order valence-corrected chi connectivity index (χ3v) is 5.03. The summed E-state index contributed by atoms with van der Waals surface area (Å²) in [7, 11) is 0. The van der Waals surface area contributed by atoms with Crippen molar-refractivity contribution >= 4 is 0 Å². The van der Waals surface area contributed by atoms with Crippen LogP contribution in [0, 0.1) is 11.8 Å². The van der Waals surface area contributed by atoms with Gasteiger partial charge in [-0.05, 0) is 61.1 Å². The normalized spacial score (nSPS) is 26.4. The minimum Gasteiger partial charge on any atom is -0.314 e. The van der Waals surface area contributed by atoms with Crippen molar-refractivity contribution in [1.29, 1.82) is 0 Å². The van der Waals surface area contributed by atoms with Gasteiger partial charge in [-0.25, -0.2) is 0 Å². The molecule has 2 rings (SSSR count). The van der Waals surface area contributed by atoms with Crippen LogP contribution in [0.4, 0.5) is 0 Å². The molecular formula is C19H31N. The predicted molar refractivity (Wildman–Crippen MR) is 88.2 cm³/mol. The Morgan fingerprint density at radius 1 is 1.15 bits per heavy atom. The Morgan fingerprint density at radius 3 is 2.45 bits per heavy atom. The number of nitrogens with one attached hydrogen (secondary N) is 1. The quantitative estimate of drug-likeness (QED) is 0.787. The van der Waals surface area contributed by atoms with E-state index in [2.05, 4.69) is 57.3 Å². The lowest BCUT2D eigenvalue weighted by molar-refractivity contribution is 0.351. The maximum atomic E-state index is 3.72. The first kappa shape index (κ1) is 15.6. The molecule has 0 radical (unpaired) electrons. The summed E-state index contributed by atoms with van der Waals surface area (Å²) in [6.07, 6.45) is 5.23. The van der Waals surface area contributed by atoms with Crippen LogP contribution in [-0.2, 0) is 6.42 Å². The summed E-state index contributed by atoms with van der Waals surface area (Å²) in [5.74, 6) is 2.30. The minimum absolute atomic E-state index is 0.636. The maximum Gasteiger partial charge on any atom is 0.00955 e. The molecule has 1 aromatic rings. The molecule has 1 aliphatic carbocycles. The highest BCUT2D eigenvalue weighted by Crippen LogP contribution is 2.34. The molecule has 1 N–H and O–H groups in total. The monoisotopic (exact) mass is 273 g/mol. The molecule has 0 aromatic heterocycles. The van der Waals surface area contributed by atoms with Gasteiger partial charge < -0.3 is 5.32 Å². The first-order chi connectivity index (χ1) is 9.61. The molecule has 0 aliphatic heterocycles. The SMILES string of the molecule is CCCNC1CCC(Cc2ccc(C(C)C)cc2)C1C. The van der Waals surface area contributed by atoms with Crippen LogP contribution in [-0.4, -0.2) is 12.6 Å². The molecule has 1 fully saturated rings. The Morgan fingerprint density at radius 2 is 1.85 bits per heavy atom. The van der Waals surface area contributed by atoms with Crippen LogP contribution < -0.4 is 5.32 Å². The van der Waals surface area contributed by atoms with E-state index in [4.69, 9.17) is 0 Å². The molecule has 1 saturated carbocycles. The van der Waals surface area contributed by atoms with Crippen LogP contribution in [0.1, 0.15) is 64.0 Å². The van der Waals surface area contributed by atoms with Crippen LogP contribution in [0.5, 0.6) is 0 Å². The molecule has 0 spiro atoms. The number of benzene rings is 1. The zero-order valence-electron chi connectivity index (χ0n) is 13.7. The first-order valence-electron chi connectivity index (χ1n) is 8.44. The molecule has 1 aliphatic rings. The highest BCUT2D eigenvalue weighted by molar-refractivity contribution is 5.25. The zero-order chi connectivity index (χ0) is 14.5. The average molecular weight is 273 g/mol. The fourth-order valence-corrected chi connectivity index (χ4v) is 3.49. The lowest BCUT2D eigenvalue weighted by atomic mass is 9.89. The van der Waals surface area contributed by atoms with Crippen LogP contribution in [0.3, 0.4) is 0 Å². The number of rotatable bonds is 6. The largest absolute Gasteiger partial charge is 0.314 e. The van der Waals surface area contributed by atoms with Gasteiger partial charge in [0.1, 0.15) is 0 Å². The molecular weight excluding hydrogens is 242 g/mol. The number of hydrogen-bond acceptors (Lipinski definition) is 1. The van der Waals surface area contributed by atoms with Crippen molar-refractivity contribution in [3.63, 3.8) is 0 Å². The summed E-state index contributed by atoms with van der Waals surface area (Å²) in [6.45, 7) is 10.4. The van der Waals surface area contributed by atoms with E-state index < -0.39 is 0 Å². The highest BCUT2D eigenvalue weighted by atomic mass is 14.9. The lowest BCUT2D eigenvalue weighted by Gasteiger charge is -2.22. The summed E-state index contributed by atoms with van der Waals surface area (Å²) in [6, 6.07) is 10.1.